The summed E-state index contributed by atoms with van der Waals surface area (Å²) in [6.07, 6.45) is 2.45. The van der Waals surface area contributed by atoms with E-state index in [0.29, 0.717) is 6.04 Å². The average molecular weight is 290 g/mol. The first-order chi connectivity index (χ1) is 9.97. The van der Waals surface area contributed by atoms with Gasteiger partial charge in [-0.05, 0) is 58.1 Å². The highest BCUT2D eigenvalue weighted by Gasteiger charge is 2.20. The topological polar surface area (TPSA) is 43.8 Å². The maximum absolute atomic E-state index is 11.0. The van der Waals surface area contributed by atoms with Gasteiger partial charge in [0, 0.05) is 12.6 Å². The number of aliphatic carboxylic acids is 1. The summed E-state index contributed by atoms with van der Waals surface area (Å²) in [6, 6.07) is 8.72. The quantitative estimate of drug-likeness (QED) is 0.904. The van der Waals surface area contributed by atoms with Gasteiger partial charge in [-0.25, -0.2) is 0 Å². The van der Waals surface area contributed by atoms with Gasteiger partial charge in [-0.3, -0.25) is 9.69 Å². The fraction of sp³-hybridized carbons (Fsp3) is 0.588. The number of carbonyl (C=O) groups is 1. The third-order valence-corrected chi connectivity index (χ3v) is 4.54. The van der Waals surface area contributed by atoms with Crippen LogP contribution in [0.4, 0.5) is 0 Å². The first kappa shape index (κ1) is 16.0. The molecule has 116 valence electrons. The van der Waals surface area contributed by atoms with Crippen LogP contribution < -0.4 is 0 Å². The normalized spacial score (nSPS) is 18.9. The van der Waals surface area contributed by atoms with Crippen molar-refractivity contribution in [1.29, 1.82) is 0 Å². The summed E-state index contributed by atoms with van der Waals surface area (Å²) in [5.41, 5.74) is 2.14. The molecule has 0 aliphatic carbocycles. The van der Waals surface area contributed by atoms with Crippen LogP contribution in [0.1, 0.15) is 36.8 Å². The van der Waals surface area contributed by atoms with Crippen molar-refractivity contribution in [3.63, 3.8) is 0 Å². The zero-order valence-electron chi connectivity index (χ0n) is 13.2. The molecule has 1 unspecified atom stereocenters. The fourth-order valence-electron chi connectivity index (χ4n) is 2.91. The van der Waals surface area contributed by atoms with Crippen molar-refractivity contribution in [2.75, 3.05) is 27.2 Å². The summed E-state index contributed by atoms with van der Waals surface area (Å²) >= 11 is 0. The van der Waals surface area contributed by atoms with Crippen LogP contribution in [-0.4, -0.2) is 54.1 Å². The number of piperidine rings is 1. The van der Waals surface area contributed by atoms with Crippen LogP contribution in [0.2, 0.25) is 0 Å². The van der Waals surface area contributed by atoms with E-state index in [0.717, 1.165) is 25.2 Å². The number of benzene rings is 1. The van der Waals surface area contributed by atoms with E-state index in [1.54, 1.807) is 6.92 Å². The Morgan fingerprint density at radius 2 is 1.86 bits per heavy atom. The van der Waals surface area contributed by atoms with Gasteiger partial charge in [0.05, 0.1) is 5.92 Å². The van der Waals surface area contributed by atoms with Crippen LogP contribution in [0.3, 0.4) is 0 Å². The van der Waals surface area contributed by atoms with Crippen LogP contribution >= 0.6 is 0 Å². The van der Waals surface area contributed by atoms with Crippen molar-refractivity contribution < 1.29 is 9.90 Å². The largest absolute Gasteiger partial charge is 0.481 e. The smallest absolute Gasteiger partial charge is 0.310 e. The molecule has 1 fully saturated rings. The second kappa shape index (κ2) is 7.05. The summed E-state index contributed by atoms with van der Waals surface area (Å²) in [6.45, 7) is 4.96. The molecular weight excluding hydrogens is 264 g/mol. The van der Waals surface area contributed by atoms with Crippen molar-refractivity contribution in [2.24, 2.45) is 0 Å². The molecule has 0 saturated carbocycles. The molecule has 1 heterocycles. The molecule has 1 aromatic rings. The lowest BCUT2D eigenvalue weighted by molar-refractivity contribution is -0.138. The van der Waals surface area contributed by atoms with Gasteiger partial charge in [-0.15, -0.1) is 0 Å². The maximum atomic E-state index is 11.0. The summed E-state index contributed by atoms with van der Waals surface area (Å²) < 4.78 is 0. The molecule has 0 spiro atoms. The molecule has 1 saturated heterocycles. The Morgan fingerprint density at radius 3 is 2.33 bits per heavy atom. The van der Waals surface area contributed by atoms with E-state index in [1.165, 1.54) is 18.4 Å². The van der Waals surface area contributed by atoms with Crippen LogP contribution in [0, 0.1) is 0 Å². The second-order valence-electron chi connectivity index (χ2n) is 6.27. The second-order valence-corrected chi connectivity index (χ2v) is 6.27. The van der Waals surface area contributed by atoms with E-state index in [1.807, 2.05) is 12.1 Å². The molecule has 1 atom stereocenters. The van der Waals surface area contributed by atoms with Crippen LogP contribution in [0.15, 0.2) is 24.3 Å². The molecule has 0 aromatic heterocycles. The molecule has 0 radical (unpaired) electrons. The Balaban J connectivity index is 1.88. The van der Waals surface area contributed by atoms with E-state index >= 15 is 0 Å². The Morgan fingerprint density at radius 1 is 1.29 bits per heavy atom. The minimum absolute atomic E-state index is 0.435. The highest BCUT2D eigenvalue weighted by atomic mass is 16.4. The fourth-order valence-corrected chi connectivity index (χ4v) is 2.91. The lowest BCUT2D eigenvalue weighted by atomic mass is 9.99. The number of likely N-dealkylation sites (tertiary alicyclic amines) is 1. The van der Waals surface area contributed by atoms with E-state index in [9.17, 15) is 4.79 Å². The van der Waals surface area contributed by atoms with E-state index < -0.39 is 11.9 Å². The van der Waals surface area contributed by atoms with Gasteiger partial charge in [0.2, 0.25) is 0 Å². The molecule has 1 aromatic carbocycles. The molecule has 1 aliphatic heterocycles. The molecule has 1 aliphatic rings. The summed E-state index contributed by atoms with van der Waals surface area (Å²) in [5.74, 6) is -1.21. The minimum Gasteiger partial charge on any atom is -0.481 e. The zero-order chi connectivity index (χ0) is 15.4. The minimum atomic E-state index is -0.770. The molecule has 21 heavy (non-hydrogen) atoms. The highest BCUT2D eigenvalue weighted by Crippen LogP contribution is 2.19. The summed E-state index contributed by atoms with van der Waals surface area (Å²) in [7, 11) is 4.31. The lowest BCUT2D eigenvalue weighted by Gasteiger charge is -2.35. The van der Waals surface area contributed by atoms with Gasteiger partial charge in [0.15, 0.2) is 0 Å². The van der Waals surface area contributed by atoms with Crippen molar-refractivity contribution in [3.8, 4) is 0 Å². The van der Waals surface area contributed by atoms with E-state index in [4.69, 9.17) is 5.11 Å². The highest BCUT2D eigenvalue weighted by molar-refractivity contribution is 5.75. The Kier molecular flexibility index (Phi) is 5.37. The van der Waals surface area contributed by atoms with Crippen molar-refractivity contribution >= 4 is 5.97 Å². The standard InChI is InChI=1S/C17H26N2O2/c1-13(17(20)21)15-6-4-14(5-7-15)12-19-10-8-16(9-11-19)18(2)3/h4-7,13,16H,8-12H2,1-3H3,(H,20,21). The van der Waals surface area contributed by atoms with Crippen LogP contribution in [-0.2, 0) is 11.3 Å². The lowest BCUT2D eigenvalue weighted by Crippen LogP contribution is -2.41. The first-order valence-electron chi connectivity index (χ1n) is 7.68. The summed E-state index contributed by atoms with van der Waals surface area (Å²) in [4.78, 5) is 15.8. The monoisotopic (exact) mass is 290 g/mol. The molecule has 2 rings (SSSR count). The SMILES string of the molecule is CC(C(=O)O)c1ccc(CN2CCC(N(C)C)CC2)cc1. The van der Waals surface area contributed by atoms with Crippen molar-refractivity contribution in [1.82, 2.24) is 9.80 Å². The number of hydrogen-bond acceptors (Lipinski definition) is 3. The predicted octanol–water partition coefficient (Wildman–Crippen LogP) is 2.40. The predicted molar refractivity (Wildman–Crippen MR) is 84.5 cm³/mol. The number of carboxylic acids is 1. The van der Waals surface area contributed by atoms with Crippen LogP contribution in [0.25, 0.3) is 0 Å². The van der Waals surface area contributed by atoms with Gasteiger partial charge >= 0.3 is 5.97 Å². The van der Waals surface area contributed by atoms with Crippen molar-refractivity contribution in [3.05, 3.63) is 35.4 Å². The molecule has 0 amide bonds. The molecule has 4 heteroatoms. The summed E-state index contributed by atoms with van der Waals surface area (Å²) in [5, 5.41) is 9.02. The third-order valence-electron chi connectivity index (χ3n) is 4.54. The van der Waals surface area contributed by atoms with Crippen LogP contribution in [0.5, 0.6) is 0 Å². The molecule has 0 bridgehead atoms. The average Bonchev–Trinajstić information content (AvgIpc) is 2.47. The Labute approximate surface area is 127 Å². The van der Waals surface area contributed by atoms with Crippen molar-refractivity contribution in [2.45, 2.75) is 38.3 Å². The maximum Gasteiger partial charge on any atom is 0.310 e. The first-order valence-corrected chi connectivity index (χ1v) is 7.68. The zero-order valence-corrected chi connectivity index (χ0v) is 13.2. The number of hydrogen-bond donors (Lipinski definition) is 1. The third kappa shape index (κ3) is 4.29. The van der Waals surface area contributed by atoms with Gasteiger partial charge < -0.3 is 10.0 Å². The van der Waals surface area contributed by atoms with Gasteiger partial charge in [0.25, 0.3) is 0 Å². The number of rotatable bonds is 5. The van der Waals surface area contributed by atoms with Gasteiger partial charge in [-0.1, -0.05) is 24.3 Å². The van der Waals surface area contributed by atoms with Gasteiger partial charge in [-0.2, -0.15) is 0 Å². The van der Waals surface area contributed by atoms with E-state index in [2.05, 4.69) is 36.0 Å². The Hall–Kier alpha value is -1.39. The number of nitrogens with zero attached hydrogens (tertiary/aromatic N) is 2. The number of carboxylic acid groups (broad SMARTS) is 1. The molecule has 4 nitrogen and oxygen atoms in total. The molecular formula is C17H26N2O2. The Bertz CT molecular complexity index is 462. The van der Waals surface area contributed by atoms with E-state index in [-0.39, 0.29) is 0 Å². The molecule has 1 N–H and O–H groups in total. The van der Waals surface area contributed by atoms with Gasteiger partial charge in [0.1, 0.15) is 0 Å².